The maximum atomic E-state index is 13.0. The summed E-state index contributed by atoms with van der Waals surface area (Å²) in [4.78, 5) is 25.8. The van der Waals surface area contributed by atoms with Crippen LogP contribution in [0.25, 0.3) is 0 Å². The van der Waals surface area contributed by atoms with E-state index in [1.165, 1.54) is 0 Å². The van der Waals surface area contributed by atoms with Gasteiger partial charge in [-0.15, -0.1) is 0 Å². The number of carbonyl (C=O) groups excluding carboxylic acids is 1. The molecule has 0 bridgehead atoms. The zero-order valence-corrected chi connectivity index (χ0v) is 13.1. The first-order chi connectivity index (χ1) is 10.8. The Morgan fingerprint density at radius 1 is 1.18 bits per heavy atom. The molecular weight excluding hydrogens is 296 g/mol. The van der Waals surface area contributed by atoms with Crippen LogP contribution in [-0.2, 0) is 4.79 Å². The number of piperidine rings is 1. The highest BCUT2D eigenvalue weighted by atomic mass is 32.1. The van der Waals surface area contributed by atoms with E-state index in [9.17, 15) is 4.79 Å². The highest BCUT2D eigenvalue weighted by Crippen LogP contribution is 2.42. The number of hydrogen-bond acceptors (Lipinski definition) is 5. The molecule has 0 radical (unpaired) electrons. The molecule has 2 aromatic rings. The lowest BCUT2D eigenvalue weighted by Gasteiger charge is -2.38. The van der Waals surface area contributed by atoms with E-state index in [1.54, 1.807) is 23.7 Å². The van der Waals surface area contributed by atoms with Crippen molar-refractivity contribution < 1.29 is 4.79 Å². The number of anilines is 2. The van der Waals surface area contributed by atoms with Crippen molar-refractivity contribution in [2.24, 2.45) is 5.41 Å². The molecule has 22 heavy (non-hydrogen) atoms. The predicted octanol–water partition coefficient (Wildman–Crippen LogP) is 2.56. The van der Waals surface area contributed by atoms with Crippen LogP contribution < -0.4 is 9.80 Å². The van der Waals surface area contributed by atoms with E-state index in [-0.39, 0.29) is 11.3 Å². The Balaban J connectivity index is 1.58. The normalized spacial score (nSPS) is 25.2. The van der Waals surface area contributed by atoms with Crippen LogP contribution in [0.2, 0.25) is 0 Å². The number of rotatable bonds is 2. The summed E-state index contributed by atoms with van der Waals surface area (Å²) in [5.41, 5.74) is 0.777. The molecule has 1 amide bonds. The fourth-order valence-corrected chi connectivity index (χ4v) is 4.26. The SMILES string of the molecule is O=C1N(c2ccsc2)CC[C@]12CCCN(c1ncccn1)C2. The molecule has 6 heteroatoms. The lowest BCUT2D eigenvalue weighted by atomic mass is 9.78. The third-order valence-electron chi connectivity index (χ3n) is 4.74. The molecule has 0 unspecified atom stereocenters. The molecule has 2 saturated heterocycles. The summed E-state index contributed by atoms with van der Waals surface area (Å²) in [5.74, 6) is 1.01. The number of thiophene rings is 1. The van der Waals surface area contributed by atoms with Gasteiger partial charge >= 0.3 is 0 Å². The van der Waals surface area contributed by atoms with E-state index in [0.29, 0.717) is 0 Å². The van der Waals surface area contributed by atoms with Gasteiger partial charge in [0, 0.05) is 37.4 Å². The minimum atomic E-state index is -0.264. The van der Waals surface area contributed by atoms with Crippen molar-refractivity contribution >= 4 is 28.9 Å². The summed E-state index contributed by atoms with van der Waals surface area (Å²) in [7, 11) is 0. The van der Waals surface area contributed by atoms with Crippen LogP contribution in [0.1, 0.15) is 19.3 Å². The maximum absolute atomic E-state index is 13.0. The molecule has 5 nitrogen and oxygen atoms in total. The molecule has 0 N–H and O–H groups in total. The Morgan fingerprint density at radius 3 is 2.82 bits per heavy atom. The molecule has 0 aromatic carbocycles. The fourth-order valence-electron chi connectivity index (χ4n) is 3.61. The van der Waals surface area contributed by atoms with Crippen LogP contribution in [-0.4, -0.2) is 35.5 Å². The van der Waals surface area contributed by atoms with Crippen LogP contribution in [0.15, 0.2) is 35.3 Å². The van der Waals surface area contributed by atoms with E-state index < -0.39 is 0 Å². The van der Waals surface area contributed by atoms with Crippen LogP contribution >= 0.6 is 11.3 Å². The second kappa shape index (κ2) is 5.35. The smallest absolute Gasteiger partial charge is 0.235 e. The van der Waals surface area contributed by atoms with Gasteiger partial charge < -0.3 is 9.80 Å². The van der Waals surface area contributed by atoms with Crippen molar-refractivity contribution in [1.29, 1.82) is 0 Å². The Hall–Kier alpha value is -1.95. The van der Waals surface area contributed by atoms with Gasteiger partial charge in [-0.3, -0.25) is 4.79 Å². The Labute approximate surface area is 133 Å². The summed E-state index contributed by atoms with van der Waals surface area (Å²) in [6.45, 7) is 2.48. The molecule has 4 heterocycles. The van der Waals surface area contributed by atoms with E-state index in [2.05, 4.69) is 20.2 Å². The molecule has 4 rings (SSSR count). The third kappa shape index (κ3) is 2.18. The summed E-state index contributed by atoms with van der Waals surface area (Å²) >= 11 is 1.64. The molecular formula is C16H18N4OS. The Kier molecular flexibility index (Phi) is 3.33. The van der Waals surface area contributed by atoms with Gasteiger partial charge in [0.25, 0.3) is 0 Å². The van der Waals surface area contributed by atoms with Gasteiger partial charge in [-0.2, -0.15) is 11.3 Å². The minimum Gasteiger partial charge on any atom is -0.340 e. The quantitative estimate of drug-likeness (QED) is 0.855. The zero-order valence-electron chi connectivity index (χ0n) is 12.3. The molecule has 2 aromatic heterocycles. The number of carbonyl (C=O) groups is 1. The first-order valence-electron chi connectivity index (χ1n) is 7.65. The molecule has 2 fully saturated rings. The van der Waals surface area contributed by atoms with Gasteiger partial charge in [-0.05, 0) is 36.8 Å². The zero-order chi connectivity index (χ0) is 15.0. The number of amides is 1. The highest BCUT2D eigenvalue weighted by molar-refractivity contribution is 7.08. The molecule has 2 aliphatic rings. The van der Waals surface area contributed by atoms with Gasteiger partial charge in [-0.1, -0.05) is 0 Å². The molecule has 1 spiro atoms. The molecule has 0 saturated carbocycles. The second-order valence-corrected chi connectivity index (χ2v) is 6.82. The van der Waals surface area contributed by atoms with Crippen LogP contribution in [0.4, 0.5) is 11.6 Å². The van der Waals surface area contributed by atoms with E-state index in [1.807, 2.05) is 22.4 Å². The van der Waals surface area contributed by atoms with Crippen LogP contribution in [0.3, 0.4) is 0 Å². The summed E-state index contributed by atoms with van der Waals surface area (Å²) in [6, 6.07) is 3.85. The minimum absolute atomic E-state index is 0.264. The van der Waals surface area contributed by atoms with Crippen LogP contribution in [0, 0.1) is 5.41 Å². The van der Waals surface area contributed by atoms with Gasteiger partial charge in [0.15, 0.2) is 0 Å². The van der Waals surface area contributed by atoms with Crippen molar-refractivity contribution in [2.75, 3.05) is 29.4 Å². The van der Waals surface area contributed by atoms with Crippen LogP contribution in [0.5, 0.6) is 0 Å². The van der Waals surface area contributed by atoms with E-state index in [0.717, 1.165) is 50.5 Å². The van der Waals surface area contributed by atoms with Gasteiger partial charge in [0.05, 0.1) is 11.1 Å². The van der Waals surface area contributed by atoms with Gasteiger partial charge in [0.2, 0.25) is 11.9 Å². The Bertz CT molecular complexity index is 660. The summed E-state index contributed by atoms with van der Waals surface area (Å²) in [5, 5.41) is 4.08. The lowest BCUT2D eigenvalue weighted by Crippen LogP contribution is -2.48. The second-order valence-electron chi connectivity index (χ2n) is 6.04. The largest absolute Gasteiger partial charge is 0.340 e. The molecule has 114 valence electrons. The number of hydrogen-bond donors (Lipinski definition) is 0. The topological polar surface area (TPSA) is 49.3 Å². The summed E-state index contributed by atoms with van der Waals surface area (Å²) < 4.78 is 0. The van der Waals surface area contributed by atoms with E-state index in [4.69, 9.17) is 0 Å². The summed E-state index contributed by atoms with van der Waals surface area (Å²) in [6.07, 6.45) is 6.43. The van der Waals surface area contributed by atoms with Crippen molar-refractivity contribution in [3.05, 3.63) is 35.3 Å². The maximum Gasteiger partial charge on any atom is 0.235 e. The van der Waals surface area contributed by atoms with Gasteiger partial charge in [0.1, 0.15) is 0 Å². The first-order valence-corrected chi connectivity index (χ1v) is 8.59. The van der Waals surface area contributed by atoms with Gasteiger partial charge in [-0.25, -0.2) is 9.97 Å². The van der Waals surface area contributed by atoms with Crippen molar-refractivity contribution in [1.82, 2.24) is 9.97 Å². The average Bonchev–Trinajstić information content (AvgIpc) is 3.19. The molecule has 0 aliphatic carbocycles. The average molecular weight is 314 g/mol. The number of aromatic nitrogens is 2. The number of nitrogens with zero attached hydrogens (tertiary/aromatic N) is 4. The van der Waals surface area contributed by atoms with Crippen molar-refractivity contribution in [3.8, 4) is 0 Å². The van der Waals surface area contributed by atoms with E-state index >= 15 is 0 Å². The molecule has 2 aliphatic heterocycles. The first kappa shape index (κ1) is 13.7. The van der Waals surface area contributed by atoms with Crippen molar-refractivity contribution in [3.63, 3.8) is 0 Å². The third-order valence-corrected chi connectivity index (χ3v) is 5.41. The predicted molar refractivity (Wildman–Crippen MR) is 87.2 cm³/mol. The lowest BCUT2D eigenvalue weighted by molar-refractivity contribution is -0.126. The fraction of sp³-hybridized carbons (Fsp3) is 0.438. The van der Waals surface area contributed by atoms with Crippen molar-refractivity contribution in [2.45, 2.75) is 19.3 Å². The Morgan fingerprint density at radius 2 is 2.05 bits per heavy atom. The molecule has 1 atom stereocenters. The highest BCUT2D eigenvalue weighted by Gasteiger charge is 2.49. The standard InChI is InChI=1S/C16H18N4OS/c21-14-16(5-9-20(14)13-3-10-22-11-13)4-1-8-19(12-16)15-17-6-2-7-18-15/h2-3,6-7,10-11H,1,4-5,8-9,12H2/t16-/m0/s1. The monoisotopic (exact) mass is 314 g/mol.